The quantitative estimate of drug-likeness (QED) is 0.505. The molecule has 1 aliphatic rings. The lowest BCUT2D eigenvalue weighted by atomic mass is 10.3. The Hall–Kier alpha value is -1.73. The Morgan fingerprint density at radius 2 is 2.08 bits per heavy atom. The zero-order chi connectivity index (χ0) is 17.6. The van der Waals surface area contributed by atoms with Gasteiger partial charge in [-0.25, -0.2) is 0 Å². The van der Waals surface area contributed by atoms with Crippen LogP contribution in [0, 0.1) is 0 Å². The van der Waals surface area contributed by atoms with Crippen molar-refractivity contribution in [2.24, 2.45) is 5.73 Å². The van der Waals surface area contributed by atoms with Crippen LogP contribution in [0.1, 0.15) is 37.4 Å². The molecule has 1 amide bonds. The van der Waals surface area contributed by atoms with Gasteiger partial charge < -0.3 is 15.0 Å². The molecule has 8 heteroatoms. The lowest BCUT2D eigenvalue weighted by Gasteiger charge is -2.09. The smallest absolute Gasteiger partial charge is 0.219 e. The summed E-state index contributed by atoms with van der Waals surface area (Å²) in [5.74, 6) is 2.86. The highest BCUT2D eigenvalue weighted by Gasteiger charge is 2.30. The van der Waals surface area contributed by atoms with E-state index in [-0.39, 0.29) is 5.91 Å². The molecule has 3 rings (SSSR count). The van der Waals surface area contributed by atoms with Gasteiger partial charge in [-0.05, 0) is 43.5 Å². The molecule has 0 bridgehead atoms. The number of benzene rings is 1. The van der Waals surface area contributed by atoms with Gasteiger partial charge >= 0.3 is 0 Å². The number of aromatic nitrogens is 3. The number of amides is 1. The molecule has 1 saturated carbocycles. The summed E-state index contributed by atoms with van der Waals surface area (Å²) in [5, 5.41) is 10.2. The molecule has 0 saturated heterocycles. The Balaban J connectivity index is 1.47. The van der Waals surface area contributed by atoms with Crippen molar-refractivity contribution in [1.29, 1.82) is 0 Å². The van der Waals surface area contributed by atoms with Crippen molar-refractivity contribution in [3.8, 4) is 5.75 Å². The van der Waals surface area contributed by atoms with Crippen molar-refractivity contribution in [2.75, 3.05) is 12.4 Å². The number of halogens is 1. The first-order chi connectivity index (χ1) is 12.1. The molecule has 0 radical (unpaired) electrons. The van der Waals surface area contributed by atoms with E-state index in [2.05, 4.69) is 10.2 Å². The van der Waals surface area contributed by atoms with Gasteiger partial charge in [0.25, 0.3) is 0 Å². The van der Waals surface area contributed by atoms with Gasteiger partial charge in [-0.15, -0.1) is 10.2 Å². The molecule has 1 aromatic carbocycles. The van der Waals surface area contributed by atoms with Crippen LogP contribution in [0.4, 0.5) is 0 Å². The first-order valence-electron chi connectivity index (χ1n) is 8.36. The highest BCUT2D eigenvalue weighted by atomic mass is 35.5. The summed E-state index contributed by atoms with van der Waals surface area (Å²) in [7, 11) is 0. The van der Waals surface area contributed by atoms with Crippen molar-refractivity contribution < 1.29 is 9.53 Å². The molecule has 1 heterocycles. The Labute approximate surface area is 156 Å². The van der Waals surface area contributed by atoms with Crippen molar-refractivity contribution in [1.82, 2.24) is 14.8 Å². The summed E-state index contributed by atoms with van der Waals surface area (Å²) in [6, 6.07) is 7.34. The van der Waals surface area contributed by atoms with Gasteiger partial charge in [0.2, 0.25) is 5.91 Å². The van der Waals surface area contributed by atoms with E-state index in [0.717, 1.165) is 41.7 Å². The largest absolute Gasteiger partial charge is 0.494 e. The maximum absolute atomic E-state index is 11.1. The third-order valence-electron chi connectivity index (χ3n) is 3.87. The third kappa shape index (κ3) is 5.37. The van der Waals surface area contributed by atoms with Crippen LogP contribution < -0.4 is 10.5 Å². The molecule has 1 fully saturated rings. The van der Waals surface area contributed by atoms with E-state index < -0.39 is 0 Å². The maximum Gasteiger partial charge on any atom is 0.219 e. The fourth-order valence-corrected chi connectivity index (χ4v) is 3.44. The first kappa shape index (κ1) is 18.1. The summed E-state index contributed by atoms with van der Waals surface area (Å²) in [6.07, 6.45) is 3.49. The van der Waals surface area contributed by atoms with Crippen LogP contribution in [0.15, 0.2) is 29.4 Å². The van der Waals surface area contributed by atoms with E-state index in [1.165, 1.54) is 0 Å². The average molecular weight is 381 g/mol. The van der Waals surface area contributed by atoms with Gasteiger partial charge in [0.05, 0.1) is 6.61 Å². The minimum atomic E-state index is -0.303. The molecular formula is C17H21ClN4O2S. The number of primary amides is 1. The average Bonchev–Trinajstić information content (AvgIpc) is 3.35. The Morgan fingerprint density at radius 1 is 1.32 bits per heavy atom. The van der Waals surface area contributed by atoms with Crippen LogP contribution >= 0.6 is 23.4 Å². The van der Waals surface area contributed by atoms with E-state index in [1.807, 2.05) is 28.8 Å². The Morgan fingerprint density at radius 3 is 2.76 bits per heavy atom. The predicted octanol–water partition coefficient (Wildman–Crippen LogP) is 3.25. The molecule has 0 atom stereocenters. The number of rotatable bonds is 10. The summed E-state index contributed by atoms with van der Waals surface area (Å²) in [4.78, 5) is 11.1. The van der Waals surface area contributed by atoms with Crippen LogP contribution in [-0.4, -0.2) is 33.0 Å². The van der Waals surface area contributed by atoms with Crippen LogP contribution in [0.3, 0.4) is 0 Å². The van der Waals surface area contributed by atoms with Gasteiger partial charge in [-0.2, -0.15) is 0 Å². The fraction of sp³-hybridized carbons (Fsp3) is 0.471. The van der Waals surface area contributed by atoms with Crippen molar-refractivity contribution >= 4 is 29.3 Å². The summed E-state index contributed by atoms with van der Waals surface area (Å²) in [5.41, 5.74) is 5.28. The zero-order valence-electron chi connectivity index (χ0n) is 13.9. The third-order valence-corrected chi connectivity index (χ3v) is 5.18. The predicted molar refractivity (Wildman–Crippen MR) is 98.1 cm³/mol. The number of thioether (sulfide) groups is 1. The topological polar surface area (TPSA) is 83.0 Å². The second-order valence-electron chi connectivity index (χ2n) is 5.99. The summed E-state index contributed by atoms with van der Waals surface area (Å²) >= 11 is 7.49. The molecule has 1 aliphatic carbocycles. The molecule has 0 unspecified atom stereocenters. The second kappa shape index (κ2) is 8.58. The monoisotopic (exact) mass is 380 g/mol. The van der Waals surface area contributed by atoms with E-state index in [9.17, 15) is 4.79 Å². The van der Waals surface area contributed by atoms with E-state index in [4.69, 9.17) is 22.1 Å². The van der Waals surface area contributed by atoms with Crippen LogP contribution in [0.25, 0.3) is 0 Å². The van der Waals surface area contributed by atoms with Crippen molar-refractivity contribution in [3.05, 3.63) is 35.1 Å². The molecule has 1 aromatic heterocycles. The van der Waals surface area contributed by atoms with Gasteiger partial charge in [-0.3, -0.25) is 4.79 Å². The van der Waals surface area contributed by atoms with Gasteiger partial charge in [-0.1, -0.05) is 23.4 Å². The number of nitrogens with zero attached hydrogens (tertiary/aromatic N) is 3. The SMILES string of the molecule is NC(=O)CCn1c(SCCCOc2ccc(Cl)cc2)nnc1C1CC1. The maximum atomic E-state index is 11.1. The van der Waals surface area contributed by atoms with E-state index in [1.54, 1.807) is 11.8 Å². The highest BCUT2D eigenvalue weighted by Crippen LogP contribution is 2.40. The Bertz CT molecular complexity index is 716. The molecule has 6 nitrogen and oxygen atoms in total. The van der Waals surface area contributed by atoms with Gasteiger partial charge in [0, 0.05) is 29.7 Å². The number of carbonyl (C=O) groups excluding carboxylic acids is 1. The van der Waals surface area contributed by atoms with Crippen LogP contribution in [0.2, 0.25) is 5.02 Å². The summed E-state index contributed by atoms with van der Waals surface area (Å²) < 4.78 is 7.73. The standard InChI is InChI=1S/C17H21ClN4O2S/c18-13-4-6-14(7-5-13)24-10-1-11-25-17-21-20-16(12-2-3-12)22(17)9-8-15(19)23/h4-7,12H,1-3,8-11H2,(H2,19,23). The van der Waals surface area contributed by atoms with E-state index in [0.29, 0.717) is 30.5 Å². The lowest BCUT2D eigenvalue weighted by Crippen LogP contribution is -2.15. The van der Waals surface area contributed by atoms with Gasteiger partial charge in [0.15, 0.2) is 5.16 Å². The first-order valence-corrected chi connectivity index (χ1v) is 9.72. The number of hydrogen-bond donors (Lipinski definition) is 1. The number of ether oxygens (including phenoxy) is 1. The van der Waals surface area contributed by atoms with Crippen molar-refractivity contribution in [3.63, 3.8) is 0 Å². The minimum absolute atomic E-state index is 0.303. The molecule has 25 heavy (non-hydrogen) atoms. The fourth-order valence-electron chi connectivity index (χ4n) is 2.43. The number of nitrogens with two attached hydrogens (primary N) is 1. The molecule has 134 valence electrons. The molecule has 0 aliphatic heterocycles. The number of hydrogen-bond acceptors (Lipinski definition) is 5. The lowest BCUT2D eigenvalue weighted by molar-refractivity contribution is -0.118. The molecular weight excluding hydrogens is 360 g/mol. The van der Waals surface area contributed by atoms with Crippen LogP contribution in [-0.2, 0) is 11.3 Å². The Kier molecular flexibility index (Phi) is 6.20. The molecule has 2 N–H and O–H groups in total. The normalized spacial score (nSPS) is 13.8. The highest BCUT2D eigenvalue weighted by molar-refractivity contribution is 7.99. The molecule has 0 spiro atoms. The van der Waals surface area contributed by atoms with Crippen LogP contribution in [0.5, 0.6) is 5.75 Å². The minimum Gasteiger partial charge on any atom is -0.494 e. The summed E-state index contributed by atoms with van der Waals surface area (Å²) in [6.45, 7) is 1.18. The van der Waals surface area contributed by atoms with Crippen molar-refractivity contribution in [2.45, 2.75) is 43.3 Å². The molecule has 2 aromatic rings. The van der Waals surface area contributed by atoms with E-state index >= 15 is 0 Å². The number of carbonyl (C=O) groups is 1. The zero-order valence-corrected chi connectivity index (χ0v) is 15.4. The second-order valence-corrected chi connectivity index (χ2v) is 7.49. The van der Waals surface area contributed by atoms with Gasteiger partial charge in [0.1, 0.15) is 11.6 Å².